The van der Waals surface area contributed by atoms with Crippen molar-refractivity contribution >= 4 is 5.97 Å². The van der Waals surface area contributed by atoms with Crippen LogP contribution in [-0.4, -0.2) is 17.1 Å². The molecule has 3 heteroatoms. The van der Waals surface area contributed by atoms with Crippen molar-refractivity contribution in [1.82, 2.24) is 0 Å². The average Bonchev–Trinajstić information content (AvgIpc) is 2.05. The van der Waals surface area contributed by atoms with Crippen molar-refractivity contribution in [1.29, 1.82) is 0 Å². The first kappa shape index (κ1) is 9.52. The average molecular weight is 171 g/mol. The van der Waals surface area contributed by atoms with Gasteiger partial charge in [0.25, 0.3) is 0 Å². The van der Waals surface area contributed by atoms with E-state index in [9.17, 15) is 4.79 Å². The summed E-state index contributed by atoms with van der Waals surface area (Å²) in [5.41, 5.74) is 5.86. The van der Waals surface area contributed by atoms with Crippen molar-refractivity contribution in [2.45, 2.75) is 38.6 Å². The Morgan fingerprint density at radius 1 is 1.58 bits per heavy atom. The predicted molar refractivity (Wildman–Crippen MR) is 46.7 cm³/mol. The minimum atomic E-state index is -0.652. The van der Waals surface area contributed by atoms with Crippen molar-refractivity contribution < 1.29 is 9.90 Å². The van der Waals surface area contributed by atoms with Gasteiger partial charge in [0.1, 0.15) is 0 Å². The number of hydrogen-bond acceptors (Lipinski definition) is 2. The molecule has 0 radical (unpaired) electrons. The SMILES string of the molecule is CCC1CC(C(=O)O)CCC1N. The third-order valence-corrected chi connectivity index (χ3v) is 2.91. The van der Waals surface area contributed by atoms with Crippen molar-refractivity contribution in [2.75, 3.05) is 0 Å². The highest BCUT2D eigenvalue weighted by Crippen LogP contribution is 2.30. The number of rotatable bonds is 2. The molecule has 3 nitrogen and oxygen atoms in total. The molecule has 70 valence electrons. The van der Waals surface area contributed by atoms with E-state index in [1.807, 2.05) is 0 Å². The summed E-state index contributed by atoms with van der Waals surface area (Å²) in [6, 6.07) is 0.227. The number of carboxylic acid groups (broad SMARTS) is 1. The highest BCUT2D eigenvalue weighted by molar-refractivity contribution is 5.70. The molecule has 0 bridgehead atoms. The number of nitrogens with two attached hydrogens (primary N) is 1. The minimum Gasteiger partial charge on any atom is -0.481 e. The van der Waals surface area contributed by atoms with Crippen LogP contribution in [0.15, 0.2) is 0 Å². The van der Waals surface area contributed by atoms with Crippen LogP contribution < -0.4 is 5.73 Å². The number of carbonyl (C=O) groups is 1. The van der Waals surface area contributed by atoms with Crippen LogP contribution in [0.2, 0.25) is 0 Å². The summed E-state index contributed by atoms with van der Waals surface area (Å²) in [5, 5.41) is 8.80. The lowest BCUT2D eigenvalue weighted by atomic mass is 9.77. The van der Waals surface area contributed by atoms with Crippen molar-refractivity contribution in [2.24, 2.45) is 17.6 Å². The van der Waals surface area contributed by atoms with E-state index in [2.05, 4.69) is 6.92 Å². The predicted octanol–water partition coefficient (Wildman–Crippen LogP) is 1.22. The highest BCUT2D eigenvalue weighted by Gasteiger charge is 2.30. The van der Waals surface area contributed by atoms with Crippen LogP contribution in [0.3, 0.4) is 0 Å². The van der Waals surface area contributed by atoms with E-state index in [0.717, 1.165) is 25.7 Å². The molecule has 3 N–H and O–H groups in total. The summed E-state index contributed by atoms with van der Waals surface area (Å²) in [6.07, 6.45) is 3.40. The van der Waals surface area contributed by atoms with Crippen molar-refractivity contribution in [3.63, 3.8) is 0 Å². The van der Waals surface area contributed by atoms with E-state index in [-0.39, 0.29) is 12.0 Å². The maximum Gasteiger partial charge on any atom is 0.306 e. The molecule has 0 amide bonds. The molecule has 1 fully saturated rings. The normalized spacial score (nSPS) is 36.3. The van der Waals surface area contributed by atoms with Gasteiger partial charge in [-0.15, -0.1) is 0 Å². The van der Waals surface area contributed by atoms with Gasteiger partial charge in [0.15, 0.2) is 0 Å². The summed E-state index contributed by atoms with van der Waals surface area (Å²) in [4.78, 5) is 10.7. The van der Waals surface area contributed by atoms with Gasteiger partial charge < -0.3 is 10.8 Å². The zero-order valence-electron chi connectivity index (χ0n) is 7.49. The van der Waals surface area contributed by atoms with Gasteiger partial charge in [-0.3, -0.25) is 4.79 Å². The second-order valence-electron chi connectivity index (χ2n) is 3.68. The zero-order valence-corrected chi connectivity index (χ0v) is 7.49. The molecular formula is C9H17NO2. The molecule has 0 aromatic heterocycles. The number of carboxylic acids is 1. The fourth-order valence-corrected chi connectivity index (χ4v) is 1.98. The van der Waals surface area contributed by atoms with Crippen LogP contribution in [-0.2, 0) is 4.79 Å². The van der Waals surface area contributed by atoms with Crippen LogP contribution in [0.5, 0.6) is 0 Å². The quantitative estimate of drug-likeness (QED) is 0.656. The Hall–Kier alpha value is -0.570. The smallest absolute Gasteiger partial charge is 0.306 e. The van der Waals surface area contributed by atoms with E-state index in [0.29, 0.717) is 5.92 Å². The van der Waals surface area contributed by atoms with E-state index < -0.39 is 5.97 Å². The fraction of sp³-hybridized carbons (Fsp3) is 0.889. The van der Waals surface area contributed by atoms with Gasteiger partial charge in [-0.25, -0.2) is 0 Å². The third-order valence-electron chi connectivity index (χ3n) is 2.91. The molecule has 1 aliphatic carbocycles. The number of aliphatic carboxylic acids is 1. The Morgan fingerprint density at radius 2 is 2.25 bits per heavy atom. The Labute approximate surface area is 72.9 Å². The van der Waals surface area contributed by atoms with Crippen LogP contribution in [0.25, 0.3) is 0 Å². The summed E-state index contributed by atoms with van der Waals surface area (Å²) in [5.74, 6) is -0.380. The first-order valence-corrected chi connectivity index (χ1v) is 4.63. The van der Waals surface area contributed by atoms with E-state index in [1.54, 1.807) is 0 Å². The Balaban J connectivity index is 2.49. The molecule has 0 aromatic carbocycles. The Morgan fingerprint density at radius 3 is 2.75 bits per heavy atom. The topological polar surface area (TPSA) is 63.3 Å². The van der Waals surface area contributed by atoms with Crippen molar-refractivity contribution in [3.05, 3.63) is 0 Å². The molecule has 0 aliphatic heterocycles. The molecule has 1 aliphatic rings. The van der Waals surface area contributed by atoms with Gasteiger partial charge in [0.05, 0.1) is 5.92 Å². The van der Waals surface area contributed by atoms with Gasteiger partial charge in [0, 0.05) is 6.04 Å². The molecule has 1 saturated carbocycles. The minimum absolute atomic E-state index is 0.144. The lowest BCUT2D eigenvalue weighted by Crippen LogP contribution is -2.37. The molecule has 3 atom stereocenters. The van der Waals surface area contributed by atoms with Crippen LogP contribution >= 0.6 is 0 Å². The maximum atomic E-state index is 10.7. The second kappa shape index (κ2) is 3.90. The first-order chi connectivity index (χ1) is 5.65. The molecule has 3 unspecified atom stereocenters. The summed E-state index contributed by atoms with van der Waals surface area (Å²) >= 11 is 0. The van der Waals surface area contributed by atoms with Crippen LogP contribution in [0, 0.1) is 11.8 Å². The zero-order chi connectivity index (χ0) is 9.14. The van der Waals surface area contributed by atoms with E-state index in [1.165, 1.54) is 0 Å². The van der Waals surface area contributed by atoms with Crippen LogP contribution in [0.1, 0.15) is 32.6 Å². The summed E-state index contributed by atoms with van der Waals surface area (Å²) in [7, 11) is 0. The third kappa shape index (κ3) is 1.97. The molecule has 0 saturated heterocycles. The standard InChI is InChI=1S/C9H17NO2/c1-2-6-5-7(9(11)12)3-4-8(6)10/h6-8H,2-5,10H2,1H3,(H,11,12). The number of hydrogen-bond donors (Lipinski definition) is 2. The Bertz CT molecular complexity index is 170. The molecule has 0 spiro atoms. The monoisotopic (exact) mass is 171 g/mol. The van der Waals surface area contributed by atoms with Gasteiger partial charge in [-0.2, -0.15) is 0 Å². The first-order valence-electron chi connectivity index (χ1n) is 4.63. The van der Waals surface area contributed by atoms with Gasteiger partial charge in [-0.1, -0.05) is 13.3 Å². The molecule has 0 heterocycles. The summed E-state index contributed by atoms with van der Waals surface area (Å²) < 4.78 is 0. The van der Waals surface area contributed by atoms with Gasteiger partial charge in [0.2, 0.25) is 0 Å². The maximum absolute atomic E-state index is 10.7. The lowest BCUT2D eigenvalue weighted by molar-refractivity contribution is -0.143. The van der Waals surface area contributed by atoms with E-state index >= 15 is 0 Å². The fourth-order valence-electron chi connectivity index (χ4n) is 1.98. The van der Waals surface area contributed by atoms with Gasteiger partial charge >= 0.3 is 5.97 Å². The molecule has 0 aromatic rings. The second-order valence-corrected chi connectivity index (χ2v) is 3.68. The highest BCUT2D eigenvalue weighted by atomic mass is 16.4. The molecule has 1 rings (SSSR count). The van der Waals surface area contributed by atoms with Gasteiger partial charge in [-0.05, 0) is 25.2 Å². The lowest BCUT2D eigenvalue weighted by Gasteiger charge is -2.31. The molecular weight excluding hydrogens is 154 g/mol. The van der Waals surface area contributed by atoms with Crippen LogP contribution in [0.4, 0.5) is 0 Å². The molecule has 12 heavy (non-hydrogen) atoms. The van der Waals surface area contributed by atoms with E-state index in [4.69, 9.17) is 10.8 Å². The summed E-state index contributed by atoms with van der Waals surface area (Å²) in [6.45, 7) is 2.08. The largest absolute Gasteiger partial charge is 0.481 e. The van der Waals surface area contributed by atoms with Crippen molar-refractivity contribution in [3.8, 4) is 0 Å². The Kier molecular flexibility index (Phi) is 3.09.